The van der Waals surface area contributed by atoms with Gasteiger partial charge in [0.25, 0.3) is 0 Å². The van der Waals surface area contributed by atoms with Gasteiger partial charge in [0.05, 0.1) is 6.10 Å². The molecule has 106 valence electrons. The maximum absolute atomic E-state index is 13.5. The molecule has 2 unspecified atom stereocenters. The highest BCUT2D eigenvalue weighted by molar-refractivity contribution is 5.19. The first kappa shape index (κ1) is 14.4. The van der Waals surface area contributed by atoms with E-state index in [0.717, 1.165) is 44.8 Å². The van der Waals surface area contributed by atoms with Gasteiger partial charge in [-0.05, 0) is 50.2 Å². The fourth-order valence-corrected chi connectivity index (χ4v) is 2.57. The first-order chi connectivity index (χ1) is 9.16. The van der Waals surface area contributed by atoms with Gasteiger partial charge in [-0.25, -0.2) is 8.78 Å². The fraction of sp³-hybridized carbons (Fsp3) is 0.600. The summed E-state index contributed by atoms with van der Waals surface area (Å²) in [7, 11) is 0. The Morgan fingerprint density at radius 2 is 2.21 bits per heavy atom. The smallest absolute Gasteiger partial charge is 0.162 e. The van der Waals surface area contributed by atoms with E-state index in [1.165, 1.54) is 6.07 Å². The number of benzene rings is 1. The van der Waals surface area contributed by atoms with Crippen LogP contribution in [0.15, 0.2) is 18.2 Å². The average Bonchev–Trinajstić information content (AvgIpc) is 2.88. The van der Waals surface area contributed by atoms with Crippen molar-refractivity contribution in [1.29, 1.82) is 0 Å². The van der Waals surface area contributed by atoms with Gasteiger partial charge in [-0.1, -0.05) is 12.1 Å². The topological polar surface area (TPSA) is 35.2 Å². The zero-order chi connectivity index (χ0) is 13.7. The van der Waals surface area contributed by atoms with Crippen molar-refractivity contribution in [1.82, 2.24) is 0 Å². The van der Waals surface area contributed by atoms with E-state index < -0.39 is 11.6 Å². The minimum Gasteiger partial charge on any atom is -0.378 e. The molecule has 0 spiro atoms. The van der Waals surface area contributed by atoms with Crippen molar-refractivity contribution in [3.05, 3.63) is 35.4 Å². The molecule has 1 aromatic carbocycles. The van der Waals surface area contributed by atoms with Gasteiger partial charge in [0.2, 0.25) is 0 Å². The van der Waals surface area contributed by atoms with Crippen molar-refractivity contribution in [2.75, 3.05) is 6.61 Å². The first-order valence-corrected chi connectivity index (χ1v) is 6.97. The normalized spacial score (nSPS) is 20.7. The van der Waals surface area contributed by atoms with E-state index in [1.807, 2.05) is 0 Å². The van der Waals surface area contributed by atoms with Gasteiger partial charge in [-0.2, -0.15) is 0 Å². The van der Waals surface area contributed by atoms with E-state index in [9.17, 15) is 8.78 Å². The molecule has 0 aliphatic carbocycles. The highest BCUT2D eigenvalue weighted by atomic mass is 19.2. The maximum Gasteiger partial charge on any atom is 0.162 e. The molecule has 1 saturated heterocycles. The van der Waals surface area contributed by atoms with E-state index in [2.05, 4.69) is 0 Å². The fourth-order valence-electron chi connectivity index (χ4n) is 2.57. The molecule has 0 saturated carbocycles. The molecule has 1 fully saturated rings. The molecule has 0 bridgehead atoms. The SMILES string of the molecule is NC(CCCC1CCCO1)Cc1cccc(F)c1F. The van der Waals surface area contributed by atoms with E-state index in [-0.39, 0.29) is 6.04 Å². The molecule has 4 heteroatoms. The molecule has 1 aliphatic heterocycles. The molecule has 2 rings (SSSR count). The zero-order valence-corrected chi connectivity index (χ0v) is 11.1. The second kappa shape index (κ2) is 6.96. The summed E-state index contributed by atoms with van der Waals surface area (Å²) in [5.41, 5.74) is 6.34. The van der Waals surface area contributed by atoms with Crippen molar-refractivity contribution >= 4 is 0 Å². The van der Waals surface area contributed by atoms with Crippen molar-refractivity contribution in [2.24, 2.45) is 5.73 Å². The lowest BCUT2D eigenvalue weighted by atomic mass is 9.99. The summed E-state index contributed by atoms with van der Waals surface area (Å²) in [5.74, 6) is -1.57. The second-order valence-corrected chi connectivity index (χ2v) is 5.24. The molecular formula is C15H21F2NO. The lowest BCUT2D eigenvalue weighted by molar-refractivity contribution is 0.101. The van der Waals surface area contributed by atoms with Gasteiger partial charge in [0.15, 0.2) is 11.6 Å². The van der Waals surface area contributed by atoms with Crippen molar-refractivity contribution < 1.29 is 13.5 Å². The summed E-state index contributed by atoms with van der Waals surface area (Å²) < 4.78 is 32.1. The largest absolute Gasteiger partial charge is 0.378 e. The van der Waals surface area contributed by atoms with Crippen molar-refractivity contribution in [2.45, 2.75) is 50.7 Å². The predicted molar refractivity (Wildman–Crippen MR) is 70.9 cm³/mol. The van der Waals surface area contributed by atoms with Crippen LogP contribution in [0.25, 0.3) is 0 Å². The molecule has 1 aromatic rings. The quantitative estimate of drug-likeness (QED) is 0.860. The van der Waals surface area contributed by atoms with E-state index in [0.29, 0.717) is 18.1 Å². The third-order valence-corrected chi connectivity index (χ3v) is 3.64. The minimum atomic E-state index is -0.802. The summed E-state index contributed by atoms with van der Waals surface area (Å²) in [6.07, 6.45) is 5.84. The zero-order valence-electron chi connectivity index (χ0n) is 11.1. The number of nitrogens with two attached hydrogens (primary N) is 1. The Morgan fingerprint density at radius 1 is 1.37 bits per heavy atom. The third kappa shape index (κ3) is 4.25. The number of hydrogen-bond acceptors (Lipinski definition) is 2. The number of hydrogen-bond donors (Lipinski definition) is 1. The van der Waals surface area contributed by atoms with Gasteiger partial charge >= 0.3 is 0 Å². The van der Waals surface area contributed by atoms with E-state index in [1.54, 1.807) is 6.07 Å². The lowest BCUT2D eigenvalue weighted by Crippen LogP contribution is -2.24. The second-order valence-electron chi connectivity index (χ2n) is 5.24. The number of ether oxygens (including phenoxy) is 1. The molecule has 19 heavy (non-hydrogen) atoms. The number of rotatable bonds is 6. The van der Waals surface area contributed by atoms with Gasteiger partial charge < -0.3 is 10.5 Å². The summed E-state index contributed by atoms with van der Waals surface area (Å²) >= 11 is 0. The van der Waals surface area contributed by atoms with Crippen LogP contribution in [-0.4, -0.2) is 18.8 Å². The van der Waals surface area contributed by atoms with E-state index in [4.69, 9.17) is 10.5 Å². The van der Waals surface area contributed by atoms with Crippen LogP contribution in [0.4, 0.5) is 8.78 Å². The van der Waals surface area contributed by atoms with Crippen LogP contribution in [0.2, 0.25) is 0 Å². The highest BCUT2D eigenvalue weighted by Crippen LogP contribution is 2.19. The molecular weight excluding hydrogens is 248 g/mol. The van der Waals surface area contributed by atoms with Crippen LogP contribution in [-0.2, 0) is 11.2 Å². The number of halogens is 2. The lowest BCUT2D eigenvalue weighted by Gasteiger charge is -2.14. The van der Waals surface area contributed by atoms with E-state index >= 15 is 0 Å². The summed E-state index contributed by atoms with van der Waals surface area (Å²) in [5, 5.41) is 0. The molecule has 0 aromatic heterocycles. The van der Waals surface area contributed by atoms with Crippen LogP contribution in [0, 0.1) is 11.6 Å². The predicted octanol–water partition coefficient (Wildman–Crippen LogP) is 3.18. The van der Waals surface area contributed by atoms with Gasteiger partial charge in [0.1, 0.15) is 0 Å². The molecule has 1 aliphatic rings. The summed E-state index contributed by atoms with van der Waals surface area (Å²) in [4.78, 5) is 0. The molecule has 2 N–H and O–H groups in total. The Morgan fingerprint density at radius 3 is 2.95 bits per heavy atom. The highest BCUT2D eigenvalue weighted by Gasteiger charge is 2.16. The van der Waals surface area contributed by atoms with Gasteiger partial charge in [-0.3, -0.25) is 0 Å². The van der Waals surface area contributed by atoms with Crippen LogP contribution >= 0.6 is 0 Å². The van der Waals surface area contributed by atoms with Crippen LogP contribution in [0.3, 0.4) is 0 Å². The molecule has 2 atom stereocenters. The molecule has 0 amide bonds. The monoisotopic (exact) mass is 269 g/mol. The Balaban J connectivity index is 1.74. The van der Waals surface area contributed by atoms with Crippen LogP contribution in [0.1, 0.15) is 37.7 Å². The van der Waals surface area contributed by atoms with Crippen LogP contribution < -0.4 is 5.73 Å². The summed E-state index contributed by atoms with van der Waals surface area (Å²) in [6, 6.07) is 4.12. The van der Waals surface area contributed by atoms with Gasteiger partial charge in [-0.15, -0.1) is 0 Å². The van der Waals surface area contributed by atoms with Crippen molar-refractivity contribution in [3.63, 3.8) is 0 Å². The Kier molecular flexibility index (Phi) is 5.28. The maximum atomic E-state index is 13.5. The first-order valence-electron chi connectivity index (χ1n) is 6.97. The molecule has 0 radical (unpaired) electrons. The van der Waals surface area contributed by atoms with Gasteiger partial charge in [0, 0.05) is 12.6 Å². The third-order valence-electron chi connectivity index (χ3n) is 3.64. The Hall–Kier alpha value is -1.00. The molecule has 2 nitrogen and oxygen atoms in total. The standard InChI is InChI=1S/C15H21F2NO/c16-14-8-1-4-11(15(14)17)10-12(18)5-2-6-13-7-3-9-19-13/h1,4,8,12-13H,2-3,5-7,9-10,18H2. The Labute approximate surface area is 112 Å². The summed E-state index contributed by atoms with van der Waals surface area (Å²) in [6.45, 7) is 0.866. The minimum absolute atomic E-state index is 0.127. The van der Waals surface area contributed by atoms with Crippen LogP contribution in [0.5, 0.6) is 0 Å². The molecule has 1 heterocycles. The van der Waals surface area contributed by atoms with Crippen molar-refractivity contribution in [3.8, 4) is 0 Å². The average molecular weight is 269 g/mol. The Bertz CT molecular complexity index is 405.